The number of alkyl halides is 2. The van der Waals surface area contributed by atoms with Gasteiger partial charge in [0.25, 0.3) is 11.4 Å². The van der Waals surface area contributed by atoms with Gasteiger partial charge in [0.15, 0.2) is 6.23 Å². The number of H-pyrrole nitrogens is 1. The Morgan fingerprint density at radius 1 is 1.12 bits per heavy atom. The maximum atomic E-state index is 15.9. The first kappa shape index (κ1) is 32.1. The molecule has 3 unspecified atom stereocenters. The Morgan fingerprint density at radius 2 is 1.80 bits per heavy atom. The first-order valence-corrected chi connectivity index (χ1v) is 14.1. The number of aromatic amines is 1. The van der Waals surface area contributed by atoms with Crippen molar-refractivity contribution in [2.45, 2.75) is 58.0 Å². The van der Waals surface area contributed by atoms with Gasteiger partial charge in [0.05, 0.1) is 6.10 Å². The number of nitrogens with zero attached hydrogens (tertiary/aromatic N) is 1. The summed E-state index contributed by atoms with van der Waals surface area (Å²) in [6.07, 6.45) is -3.57. The Morgan fingerprint density at radius 3 is 2.41 bits per heavy atom. The normalized spacial score (nSPS) is 16.9. The number of aliphatic hydroxyl groups is 1. The number of nitrogens with one attached hydrogen (secondary N) is 2. The van der Waals surface area contributed by atoms with E-state index in [0.29, 0.717) is 9.95 Å². The summed E-state index contributed by atoms with van der Waals surface area (Å²) < 4.78 is 65.4. The zero-order valence-electron chi connectivity index (χ0n) is 22.8. The van der Waals surface area contributed by atoms with Crippen molar-refractivity contribution in [1.82, 2.24) is 14.6 Å². The van der Waals surface area contributed by atoms with Crippen molar-refractivity contribution in [3.63, 3.8) is 0 Å². The molecule has 224 valence electrons. The van der Waals surface area contributed by atoms with Gasteiger partial charge >= 0.3 is 19.4 Å². The molecule has 0 saturated heterocycles. The van der Waals surface area contributed by atoms with Crippen LogP contribution in [0.5, 0.6) is 5.75 Å². The minimum absolute atomic E-state index is 0.0350. The van der Waals surface area contributed by atoms with E-state index < -0.39 is 68.6 Å². The Labute approximate surface area is 233 Å². The van der Waals surface area contributed by atoms with Crippen molar-refractivity contribution in [3.8, 4) is 5.75 Å². The molecule has 12 nitrogen and oxygen atoms in total. The molecule has 0 bridgehead atoms. The van der Waals surface area contributed by atoms with Gasteiger partial charge in [-0.1, -0.05) is 30.3 Å². The molecule has 3 aromatic rings. The fourth-order valence-corrected chi connectivity index (χ4v) is 5.04. The Balaban J connectivity index is 1.90. The summed E-state index contributed by atoms with van der Waals surface area (Å²) >= 11 is 0. The zero-order chi connectivity index (χ0) is 30.4. The van der Waals surface area contributed by atoms with Gasteiger partial charge in [-0.05, 0) is 50.6 Å². The highest BCUT2D eigenvalue weighted by molar-refractivity contribution is 7.52. The van der Waals surface area contributed by atoms with Gasteiger partial charge in [0.1, 0.15) is 31.2 Å². The number of fused-ring (bicyclic) bond motifs is 1. The van der Waals surface area contributed by atoms with Crippen molar-refractivity contribution < 1.29 is 41.8 Å². The second-order valence-electron chi connectivity index (χ2n) is 9.41. The van der Waals surface area contributed by atoms with Gasteiger partial charge in [-0.3, -0.25) is 23.7 Å². The summed E-state index contributed by atoms with van der Waals surface area (Å²) in [5.74, 6) is -4.02. The van der Waals surface area contributed by atoms with Gasteiger partial charge in [-0.15, -0.1) is 0 Å². The van der Waals surface area contributed by atoms with Crippen molar-refractivity contribution in [1.29, 1.82) is 0 Å². The highest BCUT2D eigenvalue weighted by atomic mass is 31.2. The lowest BCUT2D eigenvalue weighted by Crippen LogP contribution is -2.47. The average molecular weight is 600 g/mol. The third-order valence-corrected chi connectivity index (χ3v) is 7.31. The lowest BCUT2D eigenvalue weighted by atomic mass is 10.1. The lowest BCUT2D eigenvalue weighted by molar-refractivity contribution is -0.260. The van der Waals surface area contributed by atoms with E-state index in [-0.39, 0.29) is 5.75 Å². The number of esters is 1. The molecule has 0 spiro atoms. The lowest BCUT2D eigenvalue weighted by Gasteiger charge is -2.33. The molecule has 41 heavy (non-hydrogen) atoms. The van der Waals surface area contributed by atoms with Gasteiger partial charge in [-0.2, -0.15) is 5.09 Å². The second kappa shape index (κ2) is 13.5. The Kier molecular flexibility index (Phi) is 10.6. The fraction of sp³-hybridized carbons (Fsp3) is 0.423. The van der Waals surface area contributed by atoms with Gasteiger partial charge in [-0.25, -0.2) is 18.1 Å². The van der Waals surface area contributed by atoms with E-state index in [2.05, 4.69) is 5.09 Å². The fourth-order valence-electron chi connectivity index (χ4n) is 3.55. The quantitative estimate of drug-likeness (QED) is 0.185. The van der Waals surface area contributed by atoms with Gasteiger partial charge in [0, 0.05) is 12.3 Å². The third-order valence-electron chi connectivity index (χ3n) is 5.68. The number of carbonyl (C=O) groups excluding carboxylic acids is 1. The molecular weight excluding hydrogens is 567 g/mol. The molecule has 3 rings (SSSR count). The molecule has 0 radical (unpaired) electrons. The number of benzene rings is 2. The number of carbonyl (C=O) groups is 1. The summed E-state index contributed by atoms with van der Waals surface area (Å²) in [6.45, 7) is 2.74. The minimum Gasteiger partial charge on any atom is -0.462 e. The van der Waals surface area contributed by atoms with E-state index in [1.54, 1.807) is 38.1 Å². The summed E-state index contributed by atoms with van der Waals surface area (Å²) in [5, 5.41) is 14.1. The minimum atomic E-state index is -4.64. The highest BCUT2D eigenvalue weighted by Gasteiger charge is 2.44. The standard InChI is InChI=1S/C26H32F2N3O9P/c1-16(2)38-24(34)17(3)30-41(36,40-21-10-9-19-7-5-6-8-20(19)13-21)37-15-26(28,18(4)32)39-23(14-27)31-12-11-22(33)29-25(31)35/h5-13,16-18,23,32H,14-15H2,1-4H3,(H,30,36)(H,29,33,35)/t17?,18-,23?,26+,41?/m0/s1. The largest absolute Gasteiger partial charge is 0.462 e. The predicted octanol–water partition coefficient (Wildman–Crippen LogP) is 3.35. The van der Waals surface area contributed by atoms with Gasteiger partial charge in [0.2, 0.25) is 0 Å². The van der Waals surface area contributed by atoms with Crippen LogP contribution in [-0.2, 0) is 23.4 Å². The molecule has 0 saturated carbocycles. The van der Waals surface area contributed by atoms with E-state index in [0.717, 1.165) is 24.6 Å². The van der Waals surface area contributed by atoms with E-state index in [9.17, 15) is 28.4 Å². The average Bonchev–Trinajstić information content (AvgIpc) is 2.90. The molecule has 0 aliphatic rings. The van der Waals surface area contributed by atoms with Crippen LogP contribution >= 0.6 is 7.75 Å². The molecular formula is C26H32F2N3O9P. The molecule has 0 amide bonds. The van der Waals surface area contributed by atoms with Crippen LogP contribution in [0.15, 0.2) is 64.3 Å². The van der Waals surface area contributed by atoms with E-state index in [1.807, 2.05) is 17.1 Å². The zero-order valence-corrected chi connectivity index (χ0v) is 23.7. The summed E-state index contributed by atoms with van der Waals surface area (Å²) in [4.78, 5) is 37.7. The maximum Gasteiger partial charge on any atom is 0.459 e. The second-order valence-corrected chi connectivity index (χ2v) is 11.1. The third kappa shape index (κ3) is 8.54. The maximum absolute atomic E-state index is 15.9. The Bertz CT molecular complexity index is 1510. The molecule has 1 heterocycles. The molecule has 3 N–H and O–H groups in total. The van der Waals surface area contributed by atoms with Crippen molar-refractivity contribution in [3.05, 3.63) is 75.6 Å². The smallest absolute Gasteiger partial charge is 0.459 e. The van der Waals surface area contributed by atoms with Crippen LogP contribution in [0.2, 0.25) is 0 Å². The van der Waals surface area contributed by atoms with E-state index in [4.69, 9.17) is 18.5 Å². The first-order chi connectivity index (χ1) is 19.2. The number of rotatable bonds is 14. The van der Waals surface area contributed by atoms with E-state index >= 15 is 4.39 Å². The molecule has 0 aliphatic carbocycles. The van der Waals surface area contributed by atoms with E-state index in [1.165, 1.54) is 13.0 Å². The topological polar surface area (TPSA) is 158 Å². The molecule has 0 aliphatic heterocycles. The molecule has 0 fully saturated rings. The Hall–Kier alpha value is -3.42. The van der Waals surface area contributed by atoms with Gasteiger partial charge < -0.3 is 19.1 Å². The molecule has 2 aromatic carbocycles. The number of halogens is 2. The van der Waals surface area contributed by atoms with Crippen LogP contribution in [0, 0.1) is 0 Å². The first-order valence-electron chi connectivity index (χ1n) is 12.6. The molecule has 5 atom stereocenters. The highest BCUT2D eigenvalue weighted by Crippen LogP contribution is 2.47. The van der Waals surface area contributed by atoms with Crippen LogP contribution in [-0.4, -0.2) is 58.0 Å². The number of hydrogen-bond donors (Lipinski definition) is 3. The van der Waals surface area contributed by atoms with Crippen molar-refractivity contribution >= 4 is 24.5 Å². The molecule has 15 heteroatoms. The van der Waals surface area contributed by atoms with Crippen molar-refractivity contribution in [2.75, 3.05) is 13.3 Å². The number of ether oxygens (including phenoxy) is 2. The SMILES string of the molecule is CC(C)OC(=O)C(C)NP(=O)(OC[C@@](F)(OC(CF)n1ccc(=O)[nH]c1=O)[C@H](C)O)Oc1ccc2ccccc2c1. The monoisotopic (exact) mass is 599 g/mol. The van der Waals surface area contributed by atoms with Crippen LogP contribution in [0.1, 0.15) is 33.9 Å². The number of aliphatic hydroxyl groups excluding tert-OH is 1. The number of aromatic nitrogens is 2. The van der Waals surface area contributed by atoms with Crippen LogP contribution in [0.25, 0.3) is 10.8 Å². The summed E-state index contributed by atoms with van der Waals surface area (Å²) in [7, 11) is -4.64. The summed E-state index contributed by atoms with van der Waals surface area (Å²) in [6, 6.07) is 11.5. The number of hydrogen-bond acceptors (Lipinski definition) is 9. The summed E-state index contributed by atoms with van der Waals surface area (Å²) in [5.41, 5.74) is -1.88. The predicted molar refractivity (Wildman–Crippen MR) is 145 cm³/mol. The molecule has 1 aromatic heterocycles. The van der Waals surface area contributed by atoms with Crippen LogP contribution < -0.4 is 20.9 Å². The van der Waals surface area contributed by atoms with Crippen molar-refractivity contribution in [2.24, 2.45) is 0 Å². The van der Waals surface area contributed by atoms with Crippen LogP contribution in [0.3, 0.4) is 0 Å². The van der Waals surface area contributed by atoms with Crippen LogP contribution in [0.4, 0.5) is 8.78 Å².